The highest BCUT2D eigenvalue weighted by Gasteiger charge is 2.10. The maximum atomic E-state index is 12.0. The van der Waals surface area contributed by atoms with E-state index in [1.165, 1.54) is 0 Å². The summed E-state index contributed by atoms with van der Waals surface area (Å²) in [7, 11) is 0. The Kier molecular flexibility index (Phi) is 5.12. The van der Waals surface area contributed by atoms with Crippen LogP contribution < -0.4 is 5.32 Å². The molecule has 0 saturated carbocycles. The fourth-order valence-electron chi connectivity index (χ4n) is 2.23. The molecule has 3 heteroatoms. The van der Waals surface area contributed by atoms with Crippen LogP contribution in [0.3, 0.4) is 0 Å². The molecule has 110 valence electrons. The Balaban J connectivity index is 1.89. The number of carbonyl (C=O) groups excluding carboxylic acids is 1. The summed E-state index contributed by atoms with van der Waals surface area (Å²) in [6.07, 6.45) is -0.330. The summed E-state index contributed by atoms with van der Waals surface area (Å²) < 4.78 is 0. The number of aryl methyl sites for hydroxylation is 2. The van der Waals surface area contributed by atoms with Crippen molar-refractivity contribution in [1.82, 2.24) is 5.32 Å². The van der Waals surface area contributed by atoms with Gasteiger partial charge in [0.2, 0.25) is 5.91 Å². The lowest BCUT2D eigenvalue weighted by molar-refractivity contribution is -0.120. The van der Waals surface area contributed by atoms with Gasteiger partial charge in [-0.3, -0.25) is 4.79 Å². The number of nitrogens with one attached hydrogen (secondary N) is 1. The van der Waals surface area contributed by atoms with Gasteiger partial charge in [0, 0.05) is 6.54 Å². The van der Waals surface area contributed by atoms with E-state index in [4.69, 9.17) is 0 Å². The summed E-state index contributed by atoms with van der Waals surface area (Å²) in [4.78, 5) is 12.0. The average molecular weight is 283 g/mol. The van der Waals surface area contributed by atoms with Gasteiger partial charge in [-0.1, -0.05) is 54.1 Å². The average Bonchev–Trinajstić information content (AvgIpc) is 2.49. The Morgan fingerprint density at radius 2 is 1.86 bits per heavy atom. The number of benzene rings is 2. The maximum Gasteiger partial charge on any atom is 0.224 e. The number of aliphatic hydroxyl groups is 1. The molecular weight excluding hydrogens is 262 g/mol. The minimum Gasteiger partial charge on any atom is -0.387 e. The van der Waals surface area contributed by atoms with E-state index < -0.39 is 6.10 Å². The second-order valence-corrected chi connectivity index (χ2v) is 5.34. The summed E-state index contributed by atoms with van der Waals surface area (Å²) in [6.45, 7) is 4.24. The molecule has 0 spiro atoms. The SMILES string of the molecule is Cc1ccc(C)c(CC(=O)NCC(O)c2ccccc2)c1. The highest BCUT2D eigenvalue weighted by atomic mass is 16.3. The Bertz CT molecular complexity index is 608. The van der Waals surface area contributed by atoms with E-state index in [-0.39, 0.29) is 12.5 Å². The Morgan fingerprint density at radius 3 is 2.57 bits per heavy atom. The van der Waals surface area contributed by atoms with Crippen LogP contribution in [0.5, 0.6) is 0 Å². The molecule has 0 bridgehead atoms. The van der Waals surface area contributed by atoms with Crippen LogP contribution in [0.4, 0.5) is 0 Å². The quantitative estimate of drug-likeness (QED) is 0.886. The molecule has 0 aromatic heterocycles. The fraction of sp³-hybridized carbons (Fsp3) is 0.278. The lowest BCUT2D eigenvalue weighted by Gasteiger charge is -2.13. The van der Waals surface area contributed by atoms with Crippen LogP contribution >= 0.6 is 0 Å². The van der Waals surface area contributed by atoms with Crippen LogP contribution in [0, 0.1) is 13.8 Å². The van der Waals surface area contributed by atoms with Crippen molar-refractivity contribution in [3.05, 3.63) is 70.8 Å². The topological polar surface area (TPSA) is 49.3 Å². The molecule has 21 heavy (non-hydrogen) atoms. The molecular formula is C18H21NO2. The van der Waals surface area contributed by atoms with Crippen molar-refractivity contribution in [2.24, 2.45) is 0 Å². The molecule has 0 aliphatic heterocycles. The standard InChI is InChI=1S/C18H21NO2/c1-13-8-9-14(2)16(10-13)11-18(21)19-12-17(20)15-6-4-3-5-7-15/h3-10,17,20H,11-12H2,1-2H3,(H,19,21). The third kappa shape index (κ3) is 4.43. The van der Waals surface area contributed by atoms with E-state index in [9.17, 15) is 9.90 Å². The second-order valence-electron chi connectivity index (χ2n) is 5.34. The van der Waals surface area contributed by atoms with Gasteiger partial charge in [0.05, 0.1) is 12.5 Å². The molecule has 1 amide bonds. The van der Waals surface area contributed by atoms with Crippen molar-refractivity contribution in [2.75, 3.05) is 6.54 Å². The van der Waals surface area contributed by atoms with Gasteiger partial charge < -0.3 is 10.4 Å². The lowest BCUT2D eigenvalue weighted by Crippen LogP contribution is -2.29. The van der Waals surface area contributed by atoms with Gasteiger partial charge in [0.25, 0.3) is 0 Å². The van der Waals surface area contributed by atoms with Crippen LogP contribution in [0.1, 0.15) is 28.4 Å². The van der Waals surface area contributed by atoms with Crippen LogP contribution in [0.25, 0.3) is 0 Å². The first kappa shape index (κ1) is 15.3. The highest BCUT2D eigenvalue weighted by Crippen LogP contribution is 2.12. The van der Waals surface area contributed by atoms with Crippen molar-refractivity contribution < 1.29 is 9.90 Å². The van der Waals surface area contributed by atoms with Gasteiger partial charge in [-0.2, -0.15) is 0 Å². The first-order chi connectivity index (χ1) is 10.1. The van der Waals surface area contributed by atoms with Gasteiger partial charge in [0.1, 0.15) is 0 Å². The molecule has 0 heterocycles. The summed E-state index contributed by atoms with van der Waals surface area (Å²) in [5.74, 6) is -0.0707. The number of rotatable bonds is 5. The summed E-state index contributed by atoms with van der Waals surface area (Å²) in [5.41, 5.74) is 4.10. The van der Waals surface area contributed by atoms with E-state index in [1.54, 1.807) is 0 Å². The number of hydrogen-bond donors (Lipinski definition) is 2. The minimum atomic E-state index is -0.672. The molecule has 2 aromatic carbocycles. The summed E-state index contributed by atoms with van der Waals surface area (Å²) >= 11 is 0. The Labute approximate surface area is 125 Å². The lowest BCUT2D eigenvalue weighted by atomic mass is 10.0. The normalized spacial score (nSPS) is 12.0. The van der Waals surface area contributed by atoms with Gasteiger partial charge >= 0.3 is 0 Å². The van der Waals surface area contributed by atoms with E-state index in [1.807, 2.05) is 62.4 Å². The Morgan fingerprint density at radius 1 is 1.14 bits per heavy atom. The zero-order valence-electron chi connectivity index (χ0n) is 12.5. The molecule has 0 radical (unpaired) electrons. The van der Waals surface area contributed by atoms with Crippen molar-refractivity contribution in [3.63, 3.8) is 0 Å². The van der Waals surface area contributed by atoms with Crippen molar-refractivity contribution in [3.8, 4) is 0 Å². The zero-order valence-corrected chi connectivity index (χ0v) is 12.5. The largest absolute Gasteiger partial charge is 0.387 e. The van der Waals surface area contributed by atoms with E-state index in [0.717, 1.165) is 22.3 Å². The predicted octanol–water partition coefficient (Wildman–Crippen LogP) is 2.70. The fourth-order valence-corrected chi connectivity index (χ4v) is 2.23. The van der Waals surface area contributed by atoms with Crippen LogP contribution in [0.2, 0.25) is 0 Å². The summed E-state index contributed by atoms with van der Waals surface area (Å²) in [5, 5.41) is 12.8. The van der Waals surface area contributed by atoms with Crippen LogP contribution in [-0.2, 0) is 11.2 Å². The van der Waals surface area contributed by atoms with Crippen LogP contribution in [-0.4, -0.2) is 17.6 Å². The third-order valence-electron chi connectivity index (χ3n) is 3.53. The van der Waals surface area contributed by atoms with Crippen molar-refractivity contribution in [1.29, 1.82) is 0 Å². The van der Waals surface area contributed by atoms with E-state index >= 15 is 0 Å². The van der Waals surface area contributed by atoms with Gasteiger partial charge in [-0.25, -0.2) is 0 Å². The molecule has 0 fully saturated rings. The second kappa shape index (κ2) is 7.04. The first-order valence-electron chi connectivity index (χ1n) is 7.12. The predicted molar refractivity (Wildman–Crippen MR) is 84.0 cm³/mol. The maximum absolute atomic E-state index is 12.0. The number of aliphatic hydroxyl groups excluding tert-OH is 1. The highest BCUT2D eigenvalue weighted by molar-refractivity contribution is 5.79. The molecule has 0 saturated heterocycles. The van der Waals surface area contributed by atoms with Gasteiger partial charge in [0.15, 0.2) is 0 Å². The van der Waals surface area contributed by atoms with E-state index in [2.05, 4.69) is 5.32 Å². The Hall–Kier alpha value is -2.13. The molecule has 0 aliphatic carbocycles. The monoisotopic (exact) mass is 283 g/mol. The molecule has 1 atom stereocenters. The third-order valence-corrected chi connectivity index (χ3v) is 3.53. The molecule has 2 rings (SSSR count). The summed E-state index contributed by atoms with van der Waals surface area (Å²) in [6, 6.07) is 15.4. The van der Waals surface area contributed by atoms with Gasteiger partial charge in [-0.05, 0) is 30.5 Å². The number of carbonyl (C=O) groups is 1. The van der Waals surface area contributed by atoms with Crippen LogP contribution in [0.15, 0.2) is 48.5 Å². The number of hydrogen-bond acceptors (Lipinski definition) is 2. The van der Waals surface area contributed by atoms with Gasteiger partial charge in [-0.15, -0.1) is 0 Å². The zero-order chi connectivity index (χ0) is 15.2. The first-order valence-corrected chi connectivity index (χ1v) is 7.12. The van der Waals surface area contributed by atoms with Crippen molar-refractivity contribution in [2.45, 2.75) is 26.4 Å². The molecule has 3 nitrogen and oxygen atoms in total. The molecule has 2 N–H and O–H groups in total. The molecule has 1 unspecified atom stereocenters. The van der Waals surface area contributed by atoms with E-state index in [0.29, 0.717) is 6.42 Å². The molecule has 0 aliphatic rings. The number of amides is 1. The minimum absolute atomic E-state index is 0.0707. The molecule has 2 aromatic rings. The van der Waals surface area contributed by atoms with Crippen molar-refractivity contribution >= 4 is 5.91 Å². The smallest absolute Gasteiger partial charge is 0.224 e.